The van der Waals surface area contributed by atoms with E-state index in [0.29, 0.717) is 22.2 Å². The molecule has 4 nitrogen and oxygen atoms in total. The number of esters is 1. The lowest BCUT2D eigenvalue weighted by Crippen LogP contribution is -2.09. The molecule has 4 heteroatoms. The molecule has 1 N–H and O–H groups in total. The summed E-state index contributed by atoms with van der Waals surface area (Å²) in [7, 11) is 0. The molecule has 0 saturated carbocycles. The Morgan fingerprint density at radius 3 is 2.62 bits per heavy atom. The number of rotatable bonds is 2. The van der Waals surface area contributed by atoms with Crippen molar-refractivity contribution in [3.8, 4) is 11.5 Å². The molecule has 1 aromatic heterocycles. The number of phenolic OH excluding ortho intramolecular Hbond substituents is 1. The van der Waals surface area contributed by atoms with Crippen LogP contribution >= 0.6 is 0 Å². The molecule has 0 spiro atoms. The fourth-order valence-electron chi connectivity index (χ4n) is 2.73. The molecule has 0 aliphatic rings. The van der Waals surface area contributed by atoms with E-state index >= 15 is 0 Å². The van der Waals surface area contributed by atoms with Crippen LogP contribution in [0.2, 0.25) is 0 Å². The average molecular weight is 315 g/mol. The Morgan fingerprint density at radius 1 is 0.917 bits per heavy atom. The van der Waals surface area contributed by atoms with Gasteiger partial charge in [-0.1, -0.05) is 42.5 Å². The Labute approximate surface area is 138 Å². The van der Waals surface area contributed by atoms with Crippen molar-refractivity contribution in [3.63, 3.8) is 0 Å². The first-order valence-corrected chi connectivity index (χ1v) is 7.50. The van der Waals surface area contributed by atoms with Gasteiger partial charge in [-0.2, -0.15) is 0 Å². The Kier molecular flexibility index (Phi) is 3.35. The van der Waals surface area contributed by atoms with Gasteiger partial charge in [-0.15, -0.1) is 0 Å². The molecule has 0 bridgehead atoms. The van der Waals surface area contributed by atoms with Gasteiger partial charge in [0.15, 0.2) is 5.75 Å². The van der Waals surface area contributed by atoms with Crippen molar-refractivity contribution < 1.29 is 14.6 Å². The monoisotopic (exact) mass is 315 g/mol. The minimum atomic E-state index is -0.533. The normalized spacial score (nSPS) is 10.8. The first-order chi connectivity index (χ1) is 11.7. The number of nitrogens with zero attached hydrogens (tertiary/aromatic N) is 1. The first kappa shape index (κ1) is 14.2. The number of carbonyl (C=O) groups excluding carboxylic acids is 1. The van der Waals surface area contributed by atoms with E-state index in [1.54, 1.807) is 24.4 Å². The lowest BCUT2D eigenvalue weighted by molar-refractivity contribution is 0.0736. The second-order valence-electron chi connectivity index (χ2n) is 5.44. The topological polar surface area (TPSA) is 59.4 Å². The van der Waals surface area contributed by atoms with Gasteiger partial charge >= 0.3 is 5.97 Å². The Morgan fingerprint density at radius 2 is 1.71 bits per heavy atom. The SMILES string of the molecule is O=C(Oc1cccc2cccnc12)c1cc(O)c2ccccc2c1. The van der Waals surface area contributed by atoms with Crippen molar-refractivity contribution in [2.24, 2.45) is 0 Å². The molecule has 0 fully saturated rings. The van der Waals surface area contributed by atoms with E-state index in [-0.39, 0.29) is 5.75 Å². The van der Waals surface area contributed by atoms with Crippen LogP contribution in [0.4, 0.5) is 0 Å². The predicted molar refractivity (Wildman–Crippen MR) is 92.3 cm³/mol. The number of para-hydroxylation sites is 1. The maximum atomic E-state index is 12.5. The highest BCUT2D eigenvalue weighted by molar-refractivity contribution is 6.00. The molecule has 0 unspecified atom stereocenters. The van der Waals surface area contributed by atoms with Crippen LogP contribution < -0.4 is 4.74 Å². The van der Waals surface area contributed by atoms with Crippen LogP contribution in [0.5, 0.6) is 11.5 Å². The zero-order chi connectivity index (χ0) is 16.5. The number of hydrogen-bond acceptors (Lipinski definition) is 4. The smallest absolute Gasteiger partial charge is 0.343 e. The van der Waals surface area contributed by atoms with Gasteiger partial charge in [0.05, 0.1) is 5.56 Å². The van der Waals surface area contributed by atoms with Crippen molar-refractivity contribution >= 4 is 27.6 Å². The molecule has 0 radical (unpaired) electrons. The second kappa shape index (κ2) is 5.66. The zero-order valence-electron chi connectivity index (χ0n) is 12.6. The number of ether oxygens (including phenoxy) is 1. The van der Waals surface area contributed by atoms with Gasteiger partial charge in [0.2, 0.25) is 0 Å². The summed E-state index contributed by atoms with van der Waals surface area (Å²) in [6.07, 6.45) is 1.65. The number of fused-ring (bicyclic) bond motifs is 2. The van der Waals surface area contributed by atoms with E-state index in [9.17, 15) is 9.90 Å². The molecular weight excluding hydrogens is 302 g/mol. The molecule has 4 aromatic rings. The standard InChI is InChI=1S/C20H13NO3/c22-17-12-15(11-14-5-1-2-8-16(14)17)20(23)24-18-9-3-6-13-7-4-10-21-19(13)18/h1-12,22H. The van der Waals surface area contributed by atoms with Crippen LogP contribution in [-0.2, 0) is 0 Å². The van der Waals surface area contributed by atoms with Gasteiger partial charge in [0.1, 0.15) is 11.3 Å². The van der Waals surface area contributed by atoms with Gasteiger partial charge in [-0.3, -0.25) is 4.98 Å². The summed E-state index contributed by atoms with van der Waals surface area (Å²) in [6.45, 7) is 0. The van der Waals surface area contributed by atoms with E-state index in [4.69, 9.17) is 4.74 Å². The minimum Gasteiger partial charge on any atom is -0.507 e. The third-order valence-electron chi connectivity index (χ3n) is 3.87. The number of carbonyl (C=O) groups is 1. The largest absolute Gasteiger partial charge is 0.507 e. The van der Waals surface area contributed by atoms with Crippen molar-refractivity contribution in [2.75, 3.05) is 0 Å². The molecule has 4 rings (SSSR count). The number of aromatic nitrogens is 1. The molecule has 116 valence electrons. The van der Waals surface area contributed by atoms with Gasteiger partial charge in [0, 0.05) is 17.0 Å². The number of pyridine rings is 1. The van der Waals surface area contributed by atoms with E-state index in [1.165, 1.54) is 6.07 Å². The zero-order valence-corrected chi connectivity index (χ0v) is 12.6. The Balaban J connectivity index is 1.74. The summed E-state index contributed by atoms with van der Waals surface area (Å²) in [4.78, 5) is 16.8. The lowest BCUT2D eigenvalue weighted by atomic mass is 10.1. The van der Waals surface area contributed by atoms with Crippen LogP contribution in [0.1, 0.15) is 10.4 Å². The van der Waals surface area contributed by atoms with Crippen LogP contribution in [0.15, 0.2) is 72.9 Å². The van der Waals surface area contributed by atoms with Crippen LogP contribution in [0, 0.1) is 0 Å². The highest BCUT2D eigenvalue weighted by Gasteiger charge is 2.14. The quantitative estimate of drug-likeness (QED) is 0.442. The summed E-state index contributed by atoms with van der Waals surface area (Å²) in [5, 5.41) is 12.5. The highest BCUT2D eigenvalue weighted by atomic mass is 16.5. The van der Waals surface area contributed by atoms with Gasteiger partial charge < -0.3 is 9.84 Å². The average Bonchev–Trinajstić information content (AvgIpc) is 2.62. The fourth-order valence-corrected chi connectivity index (χ4v) is 2.73. The highest BCUT2D eigenvalue weighted by Crippen LogP contribution is 2.28. The van der Waals surface area contributed by atoms with Gasteiger partial charge in [-0.05, 0) is 29.7 Å². The summed E-state index contributed by atoms with van der Waals surface area (Å²) < 4.78 is 5.51. The Bertz CT molecular complexity index is 1070. The molecule has 24 heavy (non-hydrogen) atoms. The maximum Gasteiger partial charge on any atom is 0.343 e. The second-order valence-corrected chi connectivity index (χ2v) is 5.44. The molecule has 3 aromatic carbocycles. The molecule has 0 saturated heterocycles. The van der Waals surface area contributed by atoms with Gasteiger partial charge in [0.25, 0.3) is 0 Å². The van der Waals surface area contributed by atoms with Crippen LogP contribution in [-0.4, -0.2) is 16.1 Å². The summed E-state index contributed by atoms with van der Waals surface area (Å²) in [5.74, 6) is -0.0870. The van der Waals surface area contributed by atoms with Crippen LogP contribution in [0.25, 0.3) is 21.7 Å². The number of phenols is 1. The predicted octanol–water partition coefficient (Wildman–Crippen LogP) is 4.31. The van der Waals surface area contributed by atoms with E-state index in [0.717, 1.165) is 10.8 Å². The third-order valence-corrected chi connectivity index (χ3v) is 3.87. The summed E-state index contributed by atoms with van der Waals surface area (Å²) in [5.41, 5.74) is 0.914. The number of hydrogen-bond donors (Lipinski definition) is 1. The van der Waals surface area contributed by atoms with Crippen molar-refractivity contribution in [1.29, 1.82) is 0 Å². The third kappa shape index (κ3) is 2.44. The molecule has 0 aliphatic carbocycles. The summed E-state index contributed by atoms with van der Waals surface area (Å²) >= 11 is 0. The lowest BCUT2D eigenvalue weighted by Gasteiger charge is -2.08. The van der Waals surface area contributed by atoms with Crippen molar-refractivity contribution in [2.45, 2.75) is 0 Å². The maximum absolute atomic E-state index is 12.5. The van der Waals surface area contributed by atoms with Crippen molar-refractivity contribution in [1.82, 2.24) is 4.98 Å². The number of benzene rings is 3. The summed E-state index contributed by atoms with van der Waals surface area (Å²) in [6, 6.07) is 19.6. The van der Waals surface area contributed by atoms with E-state index < -0.39 is 5.97 Å². The molecule has 0 aliphatic heterocycles. The molecule has 0 atom stereocenters. The van der Waals surface area contributed by atoms with Crippen LogP contribution in [0.3, 0.4) is 0 Å². The molecule has 0 amide bonds. The fraction of sp³-hybridized carbons (Fsp3) is 0. The molecular formula is C20H13NO3. The van der Waals surface area contributed by atoms with E-state index in [2.05, 4.69) is 4.98 Å². The Hall–Kier alpha value is -3.40. The number of aromatic hydroxyl groups is 1. The minimum absolute atomic E-state index is 0.0519. The first-order valence-electron chi connectivity index (χ1n) is 7.50. The van der Waals surface area contributed by atoms with E-state index in [1.807, 2.05) is 42.5 Å². The van der Waals surface area contributed by atoms with Crippen molar-refractivity contribution in [3.05, 3.63) is 78.5 Å². The van der Waals surface area contributed by atoms with Gasteiger partial charge in [-0.25, -0.2) is 4.79 Å². The molecule has 1 heterocycles.